The highest BCUT2D eigenvalue weighted by molar-refractivity contribution is 5.90. The SMILES string of the molecule is Nc1nc(C(=O)NCc2cc(C(F)(F)F)cc(C(F)(F)F)c2)nn(-c2ccccc2)c1=O. The van der Waals surface area contributed by atoms with E-state index >= 15 is 0 Å². The molecule has 3 aromatic rings. The van der Waals surface area contributed by atoms with Gasteiger partial charge in [0, 0.05) is 6.54 Å². The molecule has 1 aromatic heterocycles. The summed E-state index contributed by atoms with van der Waals surface area (Å²) in [7, 11) is 0. The predicted octanol–water partition coefficient (Wildman–Crippen LogP) is 3.18. The highest BCUT2D eigenvalue weighted by Gasteiger charge is 2.36. The third-order valence-electron chi connectivity index (χ3n) is 4.14. The van der Waals surface area contributed by atoms with E-state index in [-0.39, 0.29) is 11.8 Å². The first-order chi connectivity index (χ1) is 14.9. The molecule has 1 heterocycles. The number of hydrogen-bond acceptors (Lipinski definition) is 5. The average molecular weight is 457 g/mol. The summed E-state index contributed by atoms with van der Waals surface area (Å²) in [5, 5.41) is 5.90. The molecule has 0 aliphatic heterocycles. The van der Waals surface area contributed by atoms with Gasteiger partial charge in [-0.1, -0.05) is 18.2 Å². The summed E-state index contributed by atoms with van der Waals surface area (Å²) in [6.07, 6.45) is -10.1. The van der Waals surface area contributed by atoms with E-state index in [9.17, 15) is 35.9 Å². The fourth-order valence-electron chi connectivity index (χ4n) is 2.66. The number of alkyl halides is 6. The molecule has 0 saturated carbocycles. The first-order valence-corrected chi connectivity index (χ1v) is 8.75. The highest BCUT2D eigenvalue weighted by Crippen LogP contribution is 2.36. The van der Waals surface area contributed by atoms with Gasteiger partial charge < -0.3 is 11.1 Å². The van der Waals surface area contributed by atoms with E-state index in [1.165, 1.54) is 12.1 Å². The Morgan fingerprint density at radius 1 is 0.969 bits per heavy atom. The van der Waals surface area contributed by atoms with Crippen LogP contribution in [0.15, 0.2) is 53.3 Å². The zero-order valence-electron chi connectivity index (χ0n) is 15.8. The molecule has 3 N–H and O–H groups in total. The average Bonchev–Trinajstić information content (AvgIpc) is 2.73. The molecule has 0 bridgehead atoms. The number of nitrogen functional groups attached to an aromatic ring is 1. The molecule has 0 saturated heterocycles. The van der Waals surface area contributed by atoms with Crippen LogP contribution in [0.2, 0.25) is 0 Å². The van der Waals surface area contributed by atoms with Crippen LogP contribution in [-0.4, -0.2) is 20.7 Å². The van der Waals surface area contributed by atoms with Crippen molar-refractivity contribution in [3.63, 3.8) is 0 Å². The lowest BCUT2D eigenvalue weighted by Gasteiger charge is -2.14. The Bertz CT molecular complexity index is 1170. The van der Waals surface area contributed by atoms with E-state index in [4.69, 9.17) is 5.73 Å². The van der Waals surface area contributed by atoms with Crippen LogP contribution in [-0.2, 0) is 18.9 Å². The maximum absolute atomic E-state index is 13.0. The van der Waals surface area contributed by atoms with Gasteiger partial charge in [0.25, 0.3) is 5.91 Å². The van der Waals surface area contributed by atoms with Gasteiger partial charge in [-0.3, -0.25) is 9.59 Å². The Labute approximate surface area is 175 Å². The van der Waals surface area contributed by atoms with Gasteiger partial charge in [0.05, 0.1) is 16.8 Å². The van der Waals surface area contributed by atoms with E-state index in [0.717, 1.165) is 4.68 Å². The molecule has 0 aliphatic rings. The van der Waals surface area contributed by atoms with Crippen LogP contribution in [0.4, 0.5) is 32.2 Å². The maximum Gasteiger partial charge on any atom is 0.416 e. The number of anilines is 1. The first kappa shape index (κ1) is 22.8. The summed E-state index contributed by atoms with van der Waals surface area (Å²) < 4.78 is 78.6. The van der Waals surface area contributed by atoms with Gasteiger partial charge in [-0.05, 0) is 35.9 Å². The van der Waals surface area contributed by atoms with Gasteiger partial charge in [-0.25, -0.2) is 0 Å². The maximum atomic E-state index is 13.0. The topological polar surface area (TPSA) is 103 Å². The molecule has 7 nitrogen and oxygen atoms in total. The number of nitrogens with one attached hydrogen (secondary N) is 1. The van der Waals surface area contributed by atoms with Crippen molar-refractivity contribution in [1.29, 1.82) is 0 Å². The van der Waals surface area contributed by atoms with Crippen molar-refractivity contribution in [3.8, 4) is 5.69 Å². The third-order valence-corrected chi connectivity index (χ3v) is 4.14. The molecular formula is C19H13F6N5O2. The Balaban J connectivity index is 1.89. The van der Waals surface area contributed by atoms with E-state index < -0.39 is 58.7 Å². The summed E-state index contributed by atoms with van der Waals surface area (Å²) in [5.74, 6) is -2.24. The van der Waals surface area contributed by atoms with Crippen LogP contribution in [0.3, 0.4) is 0 Å². The number of nitrogens with zero attached hydrogens (tertiary/aromatic N) is 3. The molecule has 13 heteroatoms. The predicted molar refractivity (Wildman–Crippen MR) is 99.7 cm³/mol. The number of para-hydroxylation sites is 1. The summed E-state index contributed by atoms with van der Waals surface area (Å²) >= 11 is 0. The fourth-order valence-corrected chi connectivity index (χ4v) is 2.66. The summed E-state index contributed by atoms with van der Waals surface area (Å²) in [6, 6.07) is 8.78. The lowest BCUT2D eigenvalue weighted by molar-refractivity contribution is -0.143. The zero-order valence-corrected chi connectivity index (χ0v) is 15.8. The number of rotatable bonds is 4. The second-order valence-electron chi connectivity index (χ2n) is 6.47. The quantitative estimate of drug-likeness (QED) is 0.586. The normalized spacial score (nSPS) is 11.9. The molecular weight excluding hydrogens is 444 g/mol. The standard InChI is InChI=1S/C19H13F6N5O2/c20-18(21,22)11-6-10(7-12(8-11)19(23,24)25)9-27-16(31)15-28-14(26)17(32)30(29-15)13-4-2-1-3-5-13/h1-8H,9H2,(H,27,31)(H2,26,28,29). The number of hydrogen-bond donors (Lipinski definition) is 2. The molecule has 0 spiro atoms. The van der Waals surface area contributed by atoms with Crippen molar-refractivity contribution >= 4 is 11.7 Å². The minimum Gasteiger partial charge on any atom is -0.379 e. The zero-order chi connectivity index (χ0) is 23.7. The van der Waals surface area contributed by atoms with Crippen molar-refractivity contribution < 1.29 is 31.1 Å². The van der Waals surface area contributed by atoms with E-state index in [1.54, 1.807) is 18.2 Å². The van der Waals surface area contributed by atoms with Crippen molar-refractivity contribution in [3.05, 3.63) is 81.4 Å². The third kappa shape index (κ3) is 5.04. The number of carbonyl (C=O) groups excluding carboxylic acids is 1. The van der Waals surface area contributed by atoms with Crippen LogP contribution in [0, 0.1) is 0 Å². The molecule has 0 fully saturated rings. The second kappa shape index (κ2) is 8.32. The Morgan fingerprint density at radius 3 is 2.06 bits per heavy atom. The van der Waals surface area contributed by atoms with Gasteiger partial charge in [0.15, 0.2) is 5.82 Å². The van der Waals surface area contributed by atoms with Crippen molar-refractivity contribution in [2.24, 2.45) is 0 Å². The van der Waals surface area contributed by atoms with Gasteiger partial charge in [-0.15, -0.1) is 5.10 Å². The van der Waals surface area contributed by atoms with E-state index in [0.29, 0.717) is 12.1 Å². The minimum absolute atomic E-state index is 0.0229. The molecule has 3 rings (SSSR count). The monoisotopic (exact) mass is 457 g/mol. The molecule has 32 heavy (non-hydrogen) atoms. The summed E-state index contributed by atoms with van der Waals surface area (Å²) in [4.78, 5) is 28.1. The van der Waals surface area contributed by atoms with Gasteiger partial charge in [0.2, 0.25) is 5.82 Å². The lowest BCUT2D eigenvalue weighted by Crippen LogP contribution is -2.32. The second-order valence-corrected chi connectivity index (χ2v) is 6.47. The minimum atomic E-state index is -5.03. The number of halogens is 6. The van der Waals surface area contributed by atoms with E-state index in [2.05, 4.69) is 15.4 Å². The van der Waals surface area contributed by atoms with E-state index in [1.807, 2.05) is 0 Å². The number of carbonyl (C=O) groups is 1. The van der Waals surface area contributed by atoms with Crippen molar-refractivity contribution in [2.75, 3.05) is 5.73 Å². The fraction of sp³-hybridized carbons (Fsp3) is 0.158. The molecule has 168 valence electrons. The van der Waals surface area contributed by atoms with Crippen LogP contribution in [0.25, 0.3) is 5.69 Å². The molecule has 0 unspecified atom stereocenters. The van der Waals surface area contributed by atoms with Crippen molar-refractivity contribution in [2.45, 2.75) is 18.9 Å². The molecule has 1 amide bonds. The lowest BCUT2D eigenvalue weighted by atomic mass is 10.0. The van der Waals surface area contributed by atoms with Gasteiger partial charge in [-0.2, -0.15) is 36.0 Å². The van der Waals surface area contributed by atoms with Gasteiger partial charge in [0.1, 0.15) is 0 Å². The Kier molecular flexibility index (Phi) is 5.92. The Morgan fingerprint density at radius 2 is 1.53 bits per heavy atom. The van der Waals surface area contributed by atoms with Crippen LogP contribution in [0.5, 0.6) is 0 Å². The van der Waals surface area contributed by atoms with Crippen LogP contribution < -0.4 is 16.6 Å². The number of aromatic nitrogens is 3. The smallest absolute Gasteiger partial charge is 0.379 e. The molecule has 0 aliphatic carbocycles. The largest absolute Gasteiger partial charge is 0.416 e. The first-order valence-electron chi connectivity index (χ1n) is 8.75. The van der Waals surface area contributed by atoms with Crippen molar-refractivity contribution in [1.82, 2.24) is 20.1 Å². The number of benzene rings is 2. The van der Waals surface area contributed by atoms with Crippen LogP contribution >= 0.6 is 0 Å². The molecule has 0 radical (unpaired) electrons. The summed E-state index contributed by atoms with van der Waals surface area (Å²) in [6.45, 7) is -0.695. The molecule has 0 atom stereocenters. The number of nitrogens with two attached hydrogens (primary N) is 1. The molecule has 2 aromatic carbocycles. The highest BCUT2D eigenvalue weighted by atomic mass is 19.4. The number of amides is 1. The van der Waals surface area contributed by atoms with Gasteiger partial charge >= 0.3 is 17.9 Å². The Hall–Kier alpha value is -3.90. The summed E-state index contributed by atoms with van der Waals surface area (Å²) in [5.41, 5.74) is 1.47. The van der Waals surface area contributed by atoms with Crippen LogP contribution in [0.1, 0.15) is 27.3 Å².